The molecule has 5 nitrogen and oxygen atoms in total. The van der Waals surface area contributed by atoms with Gasteiger partial charge in [0.05, 0.1) is 12.2 Å². The predicted molar refractivity (Wildman–Crippen MR) is 104 cm³/mol. The lowest BCUT2D eigenvalue weighted by Gasteiger charge is -2.33. The van der Waals surface area contributed by atoms with E-state index in [2.05, 4.69) is 56.1 Å². The average Bonchev–Trinajstić information content (AvgIpc) is 3.00. The second kappa shape index (κ2) is 6.44. The lowest BCUT2D eigenvalue weighted by atomic mass is 9.92. The van der Waals surface area contributed by atoms with E-state index in [9.17, 15) is 0 Å². The molecule has 0 bridgehead atoms. The summed E-state index contributed by atoms with van der Waals surface area (Å²) in [4.78, 5) is 14.3. The van der Waals surface area contributed by atoms with E-state index in [1.807, 2.05) is 12.3 Å². The fraction of sp³-hybridized carbons (Fsp3) is 0.500. The van der Waals surface area contributed by atoms with E-state index in [1.165, 1.54) is 43.1 Å². The van der Waals surface area contributed by atoms with Crippen LogP contribution < -0.4 is 0 Å². The van der Waals surface area contributed by atoms with Crippen LogP contribution in [0.25, 0.3) is 5.65 Å². The molecule has 26 heavy (non-hydrogen) atoms. The van der Waals surface area contributed by atoms with Gasteiger partial charge in [0.1, 0.15) is 10.7 Å². The molecule has 0 unspecified atom stereocenters. The number of nitrogens with zero attached hydrogens (tertiary/aromatic N) is 5. The van der Waals surface area contributed by atoms with Gasteiger partial charge in [0, 0.05) is 36.6 Å². The molecule has 3 aromatic rings. The van der Waals surface area contributed by atoms with Crippen molar-refractivity contribution in [3.63, 3.8) is 0 Å². The van der Waals surface area contributed by atoms with Crippen molar-refractivity contribution in [3.05, 3.63) is 52.9 Å². The van der Waals surface area contributed by atoms with E-state index in [0.717, 1.165) is 24.8 Å². The number of hydrogen-bond acceptors (Lipinski definition) is 5. The van der Waals surface area contributed by atoms with Gasteiger partial charge in [-0.05, 0) is 56.9 Å². The largest absolute Gasteiger partial charge is 0.307 e. The molecule has 0 radical (unpaired) electrons. The number of rotatable bonds is 5. The fourth-order valence-electron chi connectivity index (χ4n) is 4.59. The summed E-state index contributed by atoms with van der Waals surface area (Å²) in [6.45, 7) is 4.34. The van der Waals surface area contributed by atoms with Gasteiger partial charge in [-0.3, -0.25) is 9.80 Å². The van der Waals surface area contributed by atoms with E-state index in [-0.39, 0.29) is 0 Å². The van der Waals surface area contributed by atoms with E-state index >= 15 is 0 Å². The van der Waals surface area contributed by atoms with Crippen LogP contribution in [0, 0.1) is 5.41 Å². The quantitative estimate of drug-likeness (QED) is 0.693. The van der Waals surface area contributed by atoms with Gasteiger partial charge in [-0.25, -0.2) is 9.97 Å². The molecule has 1 aliphatic heterocycles. The molecule has 1 atom stereocenters. The first-order valence-electron chi connectivity index (χ1n) is 9.45. The number of likely N-dealkylation sites (tertiary alicyclic amines) is 1. The summed E-state index contributed by atoms with van der Waals surface area (Å²) in [7, 11) is 2.27. The van der Waals surface area contributed by atoms with Crippen molar-refractivity contribution in [2.75, 3.05) is 20.1 Å². The first-order valence-corrected chi connectivity index (χ1v) is 10.3. The van der Waals surface area contributed by atoms with Crippen molar-refractivity contribution in [1.29, 1.82) is 0 Å². The van der Waals surface area contributed by atoms with Gasteiger partial charge in [-0.15, -0.1) is 11.3 Å². The SMILES string of the molecule is CN(Cc1nccs1)[C@H]1CC12CCN(Cc1cn3ccccc3n1)CC2. The number of fused-ring (bicyclic) bond motifs is 1. The van der Waals surface area contributed by atoms with Gasteiger partial charge < -0.3 is 4.40 Å². The summed E-state index contributed by atoms with van der Waals surface area (Å²) < 4.78 is 2.12. The van der Waals surface area contributed by atoms with Crippen LogP contribution in [0.3, 0.4) is 0 Å². The number of pyridine rings is 1. The van der Waals surface area contributed by atoms with Gasteiger partial charge in [-0.1, -0.05) is 6.07 Å². The van der Waals surface area contributed by atoms with Gasteiger partial charge in [0.15, 0.2) is 0 Å². The highest BCUT2D eigenvalue weighted by molar-refractivity contribution is 7.09. The molecule has 6 heteroatoms. The van der Waals surface area contributed by atoms with Crippen LogP contribution in [0.4, 0.5) is 0 Å². The van der Waals surface area contributed by atoms with E-state index in [4.69, 9.17) is 4.98 Å². The Morgan fingerprint density at radius 1 is 1.31 bits per heavy atom. The lowest BCUT2D eigenvalue weighted by Crippen LogP contribution is -2.37. The monoisotopic (exact) mass is 367 g/mol. The van der Waals surface area contributed by atoms with Crippen LogP contribution >= 0.6 is 11.3 Å². The number of hydrogen-bond donors (Lipinski definition) is 0. The minimum atomic E-state index is 0.557. The lowest BCUT2D eigenvalue weighted by molar-refractivity contribution is 0.138. The van der Waals surface area contributed by atoms with Crippen molar-refractivity contribution < 1.29 is 0 Å². The molecule has 4 heterocycles. The molecule has 1 saturated carbocycles. The fourth-order valence-corrected chi connectivity index (χ4v) is 5.27. The minimum absolute atomic E-state index is 0.557. The molecule has 0 N–H and O–H groups in total. The predicted octanol–water partition coefficient (Wildman–Crippen LogP) is 3.28. The Morgan fingerprint density at radius 3 is 2.96 bits per heavy atom. The van der Waals surface area contributed by atoms with Crippen molar-refractivity contribution in [3.8, 4) is 0 Å². The van der Waals surface area contributed by atoms with Crippen molar-refractivity contribution in [2.45, 2.75) is 38.4 Å². The zero-order valence-electron chi connectivity index (χ0n) is 15.2. The molecule has 5 rings (SSSR count). The van der Waals surface area contributed by atoms with Crippen LogP contribution in [-0.2, 0) is 13.1 Å². The Bertz CT molecular complexity index is 846. The maximum absolute atomic E-state index is 4.75. The van der Waals surface area contributed by atoms with Gasteiger partial charge in [0.25, 0.3) is 0 Å². The van der Waals surface area contributed by atoms with Crippen molar-refractivity contribution in [1.82, 2.24) is 24.2 Å². The van der Waals surface area contributed by atoms with Crippen molar-refractivity contribution in [2.24, 2.45) is 5.41 Å². The average molecular weight is 368 g/mol. The maximum Gasteiger partial charge on any atom is 0.137 e. The highest BCUT2D eigenvalue weighted by Crippen LogP contribution is 2.56. The Kier molecular flexibility index (Phi) is 4.07. The maximum atomic E-state index is 4.75. The highest BCUT2D eigenvalue weighted by Gasteiger charge is 2.56. The smallest absolute Gasteiger partial charge is 0.137 e. The standard InChI is InChI=1S/C20H25N5S/c1-23(15-19-21-7-11-26-19)17-12-20(17)5-9-24(10-6-20)13-16-14-25-8-3-2-4-18(25)22-16/h2-4,7-8,11,14,17H,5-6,9-10,12-13,15H2,1H3/t17-/m0/s1. The molecular weight excluding hydrogens is 342 g/mol. The first kappa shape index (κ1) is 16.4. The number of imidazole rings is 1. The normalized spacial score (nSPS) is 22.5. The van der Waals surface area contributed by atoms with E-state index in [1.54, 1.807) is 11.3 Å². The zero-order valence-corrected chi connectivity index (χ0v) is 16.0. The van der Waals surface area contributed by atoms with E-state index < -0.39 is 0 Å². The molecule has 0 amide bonds. The molecule has 1 aliphatic carbocycles. The van der Waals surface area contributed by atoms with Gasteiger partial charge in [-0.2, -0.15) is 0 Å². The second-order valence-corrected chi connectivity index (χ2v) is 8.88. The molecule has 2 fully saturated rings. The molecule has 1 spiro atoms. The summed E-state index contributed by atoms with van der Waals surface area (Å²) in [5, 5.41) is 3.31. The Balaban J connectivity index is 1.16. The van der Waals surface area contributed by atoms with Gasteiger partial charge >= 0.3 is 0 Å². The number of thiazole rings is 1. The van der Waals surface area contributed by atoms with Crippen LogP contribution in [0.5, 0.6) is 0 Å². The summed E-state index contributed by atoms with van der Waals surface area (Å²) in [6, 6.07) is 6.91. The van der Waals surface area contributed by atoms with E-state index in [0.29, 0.717) is 5.41 Å². The minimum Gasteiger partial charge on any atom is -0.307 e. The van der Waals surface area contributed by atoms with Crippen LogP contribution in [-0.4, -0.2) is 50.3 Å². The third-order valence-electron chi connectivity index (χ3n) is 6.20. The molecule has 136 valence electrons. The van der Waals surface area contributed by atoms with Crippen LogP contribution in [0.15, 0.2) is 42.2 Å². The molecule has 1 saturated heterocycles. The zero-order chi connectivity index (χ0) is 17.6. The van der Waals surface area contributed by atoms with Crippen LogP contribution in [0.2, 0.25) is 0 Å². The third-order valence-corrected chi connectivity index (χ3v) is 6.96. The molecular formula is C20H25N5S. The molecule has 3 aromatic heterocycles. The topological polar surface area (TPSA) is 36.7 Å². The highest BCUT2D eigenvalue weighted by atomic mass is 32.1. The Labute approximate surface area is 158 Å². The summed E-state index contributed by atoms with van der Waals surface area (Å²) in [6.07, 6.45) is 10.1. The summed E-state index contributed by atoms with van der Waals surface area (Å²) in [5.74, 6) is 0. The second-order valence-electron chi connectivity index (χ2n) is 7.90. The van der Waals surface area contributed by atoms with Crippen molar-refractivity contribution >= 4 is 17.0 Å². The molecule has 2 aliphatic rings. The number of piperidine rings is 1. The Morgan fingerprint density at radius 2 is 2.19 bits per heavy atom. The first-order chi connectivity index (χ1) is 12.7. The summed E-state index contributed by atoms with van der Waals surface area (Å²) >= 11 is 1.76. The number of aromatic nitrogens is 3. The van der Waals surface area contributed by atoms with Crippen LogP contribution in [0.1, 0.15) is 30.0 Å². The Hall–Kier alpha value is -1.76. The van der Waals surface area contributed by atoms with Gasteiger partial charge in [0.2, 0.25) is 0 Å². The third kappa shape index (κ3) is 3.06. The molecule has 0 aromatic carbocycles. The summed E-state index contributed by atoms with van der Waals surface area (Å²) in [5.41, 5.74) is 2.78.